The van der Waals surface area contributed by atoms with E-state index in [2.05, 4.69) is 36.1 Å². The number of hydrogen-bond donors (Lipinski definition) is 1. The maximum atomic E-state index is 5.65. The Labute approximate surface area is 120 Å². The van der Waals surface area contributed by atoms with Gasteiger partial charge in [-0.3, -0.25) is 0 Å². The lowest BCUT2D eigenvalue weighted by atomic mass is 10.1. The predicted molar refractivity (Wildman–Crippen MR) is 79.4 cm³/mol. The van der Waals surface area contributed by atoms with Gasteiger partial charge in [0, 0.05) is 18.3 Å². The van der Waals surface area contributed by atoms with Gasteiger partial charge in [-0.2, -0.15) is 0 Å². The Kier molecular flexibility index (Phi) is 4.69. The van der Waals surface area contributed by atoms with Crippen LogP contribution in [0.15, 0.2) is 42.6 Å². The number of rotatable bonds is 5. The summed E-state index contributed by atoms with van der Waals surface area (Å²) in [5.41, 5.74) is 1.05. The molecular weight excluding hydrogens is 250 g/mol. The van der Waals surface area contributed by atoms with E-state index in [0.29, 0.717) is 12.4 Å². The second kappa shape index (κ2) is 6.48. The predicted octanol–water partition coefficient (Wildman–Crippen LogP) is 2.94. The molecule has 0 unspecified atom stereocenters. The molecule has 106 valence electrons. The quantitative estimate of drug-likeness (QED) is 0.908. The van der Waals surface area contributed by atoms with Crippen molar-refractivity contribution in [2.75, 3.05) is 0 Å². The third-order valence-electron chi connectivity index (χ3n) is 2.67. The fourth-order valence-electron chi connectivity index (χ4n) is 1.63. The Bertz CT molecular complexity index is 535. The third-order valence-corrected chi connectivity index (χ3v) is 2.67. The molecule has 0 aliphatic heterocycles. The molecule has 4 nitrogen and oxygen atoms in total. The number of nitrogens with zero attached hydrogens (tertiary/aromatic N) is 2. The molecule has 20 heavy (non-hydrogen) atoms. The Morgan fingerprint density at radius 1 is 1.10 bits per heavy atom. The van der Waals surface area contributed by atoms with Gasteiger partial charge in [-0.1, -0.05) is 18.2 Å². The van der Waals surface area contributed by atoms with Gasteiger partial charge in [0.25, 0.3) is 0 Å². The van der Waals surface area contributed by atoms with Crippen molar-refractivity contribution in [3.63, 3.8) is 0 Å². The van der Waals surface area contributed by atoms with Gasteiger partial charge in [-0.05, 0) is 39.0 Å². The summed E-state index contributed by atoms with van der Waals surface area (Å²) in [6, 6.07) is 11.6. The molecule has 0 bridgehead atoms. The fraction of sp³-hybridized carbons (Fsp3) is 0.375. The van der Waals surface area contributed by atoms with Gasteiger partial charge in [0.05, 0.1) is 5.69 Å². The zero-order chi connectivity index (χ0) is 14.4. The van der Waals surface area contributed by atoms with Crippen molar-refractivity contribution in [1.29, 1.82) is 0 Å². The molecule has 0 aliphatic rings. The largest absolute Gasteiger partial charge is 0.486 e. The molecule has 0 fully saturated rings. The zero-order valence-electron chi connectivity index (χ0n) is 12.3. The van der Waals surface area contributed by atoms with Crippen LogP contribution in [0.4, 0.5) is 0 Å². The molecule has 0 radical (unpaired) electrons. The summed E-state index contributed by atoms with van der Waals surface area (Å²) in [6.07, 6.45) is 1.77. The fourth-order valence-corrected chi connectivity index (χ4v) is 1.63. The molecule has 1 aromatic heterocycles. The van der Waals surface area contributed by atoms with Gasteiger partial charge in [-0.25, -0.2) is 9.97 Å². The first-order chi connectivity index (χ1) is 9.53. The van der Waals surface area contributed by atoms with E-state index >= 15 is 0 Å². The van der Waals surface area contributed by atoms with Crippen LogP contribution in [0.5, 0.6) is 5.75 Å². The molecule has 0 saturated heterocycles. The van der Waals surface area contributed by atoms with Crippen molar-refractivity contribution in [3.05, 3.63) is 54.1 Å². The lowest BCUT2D eigenvalue weighted by molar-refractivity contribution is 0.295. The molecular formula is C16H21N3O. The first kappa shape index (κ1) is 14.5. The third kappa shape index (κ3) is 4.97. The maximum absolute atomic E-state index is 5.65. The highest BCUT2D eigenvalue weighted by molar-refractivity contribution is 5.21. The van der Waals surface area contributed by atoms with E-state index in [9.17, 15) is 0 Å². The minimum Gasteiger partial charge on any atom is -0.486 e. The van der Waals surface area contributed by atoms with E-state index in [1.54, 1.807) is 6.20 Å². The van der Waals surface area contributed by atoms with Crippen molar-refractivity contribution in [1.82, 2.24) is 15.3 Å². The topological polar surface area (TPSA) is 47.0 Å². The lowest BCUT2D eigenvalue weighted by Crippen LogP contribution is -2.35. The molecule has 0 spiro atoms. The molecule has 0 atom stereocenters. The average molecular weight is 271 g/mol. The smallest absolute Gasteiger partial charge is 0.166 e. The van der Waals surface area contributed by atoms with Gasteiger partial charge in [0.1, 0.15) is 12.4 Å². The normalized spacial score (nSPS) is 11.3. The van der Waals surface area contributed by atoms with Gasteiger partial charge in [0.15, 0.2) is 5.82 Å². The van der Waals surface area contributed by atoms with Crippen molar-refractivity contribution < 1.29 is 4.74 Å². The highest BCUT2D eigenvalue weighted by Crippen LogP contribution is 2.10. The van der Waals surface area contributed by atoms with Crippen LogP contribution in [0.25, 0.3) is 0 Å². The number of aromatic nitrogens is 2. The first-order valence-corrected chi connectivity index (χ1v) is 6.77. The van der Waals surface area contributed by atoms with Gasteiger partial charge in [-0.15, -0.1) is 0 Å². The van der Waals surface area contributed by atoms with Gasteiger partial charge >= 0.3 is 0 Å². The summed E-state index contributed by atoms with van der Waals surface area (Å²) < 4.78 is 5.65. The lowest BCUT2D eigenvalue weighted by Gasteiger charge is -2.20. The summed E-state index contributed by atoms with van der Waals surface area (Å²) >= 11 is 0. The van der Waals surface area contributed by atoms with Crippen molar-refractivity contribution in [2.45, 2.75) is 39.5 Å². The van der Waals surface area contributed by atoms with E-state index in [-0.39, 0.29) is 5.54 Å². The minimum atomic E-state index is 0.0751. The summed E-state index contributed by atoms with van der Waals surface area (Å²) in [6.45, 7) is 7.51. The molecule has 4 heteroatoms. The maximum Gasteiger partial charge on any atom is 0.166 e. The Hall–Kier alpha value is -1.94. The molecule has 0 aliphatic carbocycles. The highest BCUT2D eigenvalue weighted by Gasteiger charge is 2.09. The Balaban J connectivity index is 1.92. The number of ether oxygens (including phenoxy) is 1. The molecule has 2 aromatic rings. The van der Waals surface area contributed by atoms with E-state index in [4.69, 9.17) is 4.74 Å². The number of nitrogens with one attached hydrogen (secondary N) is 1. The van der Waals surface area contributed by atoms with E-state index in [0.717, 1.165) is 18.0 Å². The van der Waals surface area contributed by atoms with Crippen LogP contribution >= 0.6 is 0 Å². The summed E-state index contributed by atoms with van der Waals surface area (Å²) in [7, 11) is 0. The van der Waals surface area contributed by atoms with E-state index in [1.807, 2.05) is 36.4 Å². The van der Waals surface area contributed by atoms with Gasteiger partial charge in [0.2, 0.25) is 0 Å². The SMILES string of the molecule is CC(C)(C)NCc1ccnc(COc2ccccc2)n1. The van der Waals surface area contributed by atoms with Crippen LogP contribution in [-0.2, 0) is 13.2 Å². The molecule has 1 aromatic carbocycles. The van der Waals surface area contributed by atoms with Crippen LogP contribution < -0.4 is 10.1 Å². The number of benzene rings is 1. The van der Waals surface area contributed by atoms with Crippen molar-refractivity contribution in [3.8, 4) is 5.75 Å². The van der Waals surface area contributed by atoms with Gasteiger partial charge < -0.3 is 10.1 Å². The Morgan fingerprint density at radius 2 is 1.85 bits per heavy atom. The summed E-state index contributed by atoms with van der Waals surface area (Å²) in [5.74, 6) is 1.52. The van der Waals surface area contributed by atoms with Crippen LogP contribution in [-0.4, -0.2) is 15.5 Å². The second-order valence-corrected chi connectivity index (χ2v) is 5.67. The molecule has 0 saturated carbocycles. The molecule has 1 heterocycles. The zero-order valence-corrected chi connectivity index (χ0v) is 12.3. The van der Waals surface area contributed by atoms with E-state index < -0.39 is 0 Å². The summed E-state index contributed by atoms with van der Waals surface area (Å²) in [4.78, 5) is 8.73. The molecule has 2 rings (SSSR count). The first-order valence-electron chi connectivity index (χ1n) is 6.77. The number of hydrogen-bond acceptors (Lipinski definition) is 4. The highest BCUT2D eigenvalue weighted by atomic mass is 16.5. The second-order valence-electron chi connectivity index (χ2n) is 5.67. The minimum absolute atomic E-state index is 0.0751. The van der Waals surface area contributed by atoms with E-state index in [1.165, 1.54) is 0 Å². The van der Waals surface area contributed by atoms with Crippen LogP contribution in [0.3, 0.4) is 0 Å². The Morgan fingerprint density at radius 3 is 2.55 bits per heavy atom. The van der Waals surface area contributed by atoms with Crippen LogP contribution in [0.2, 0.25) is 0 Å². The number of para-hydroxylation sites is 1. The standard InChI is InChI=1S/C16H21N3O/c1-16(2,3)18-11-13-9-10-17-15(19-13)12-20-14-7-5-4-6-8-14/h4-10,18H,11-12H2,1-3H3. The van der Waals surface area contributed by atoms with Crippen LogP contribution in [0, 0.1) is 0 Å². The summed E-state index contributed by atoms with van der Waals surface area (Å²) in [5, 5.41) is 3.41. The monoisotopic (exact) mass is 271 g/mol. The van der Waals surface area contributed by atoms with Crippen molar-refractivity contribution >= 4 is 0 Å². The molecule has 1 N–H and O–H groups in total. The van der Waals surface area contributed by atoms with Crippen molar-refractivity contribution in [2.24, 2.45) is 0 Å². The average Bonchev–Trinajstić information content (AvgIpc) is 2.44. The molecule has 0 amide bonds. The van der Waals surface area contributed by atoms with Crippen LogP contribution in [0.1, 0.15) is 32.3 Å².